The zero-order valence-electron chi connectivity index (χ0n) is 10.3. The summed E-state index contributed by atoms with van der Waals surface area (Å²) in [4.78, 5) is 4.51. The number of sulfonamides is 1. The van der Waals surface area contributed by atoms with E-state index in [0.717, 1.165) is 0 Å². The minimum Gasteiger partial charge on any atom is -0.486 e. The van der Waals surface area contributed by atoms with E-state index in [9.17, 15) is 8.42 Å². The summed E-state index contributed by atoms with van der Waals surface area (Å²) >= 11 is 0. The van der Waals surface area contributed by atoms with Gasteiger partial charge in [-0.2, -0.15) is 0 Å². The van der Waals surface area contributed by atoms with E-state index in [1.807, 2.05) is 0 Å². The molecule has 0 radical (unpaired) electrons. The summed E-state index contributed by atoms with van der Waals surface area (Å²) in [7, 11) is -3.56. The summed E-state index contributed by atoms with van der Waals surface area (Å²) in [6.45, 7) is 1.44. The van der Waals surface area contributed by atoms with Crippen molar-refractivity contribution in [2.45, 2.75) is 11.3 Å². The molecule has 1 aliphatic heterocycles. The third kappa shape index (κ3) is 3.57. The lowest BCUT2D eigenvalue weighted by Gasteiger charge is -2.18. The molecule has 0 saturated heterocycles. The number of ether oxygens (including phenoxy) is 2. The van der Waals surface area contributed by atoms with Crippen molar-refractivity contribution in [3.63, 3.8) is 0 Å². The quantitative estimate of drug-likeness (QED) is 0.565. The van der Waals surface area contributed by atoms with E-state index in [1.165, 1.54) is 12.1 Å². The Kier molecular flexibility index (Phi) is 4.59. The number of hydrogen-bond donors (Lipinski definition) is 2. The van der Waals surface area contributed by atoms with Gasteiger partial charge in [-0.1, -0.05) is 0 Å². The Morgan fingerprint density at radius 3 is 2.74 bits per heavy atom. The van der Waals surface area contributed by atoms with Crippen LogP contribution in [0.5, 0.6) is 11.5 Å². The molecular weight excluding hydrogens is 272 g/mol. The van der Waals surface area contributed by atoms with Crippen molar-refractivity contribution in [2.75, 3.05) is 26.4 Å². The average Bonchev–Trinajstić information content (AvgIpc) is 2.43. The minimum absolute atomic E-state index is 0.144. The zero-order valence-corrected chi connectivity index (χ0v) is 11.1. The van der Waals surface area contributed by atoms with E-state index in [-0.39, 0.29) is 11.4 Å². The highest BCUT2D eigenvalue weighted by Crippen LogP contribution is 2.32. The molecule has 3 N–H and O–H groups in total. The maximum absolute atomic E-state index is 12.0. The fourth-order valence-electron chi connectivity index (χ4n) is 1.64. The largest absolute Gasteiger partial charge is 0.486 e. The molecule has 0 atom stereocenters. The first kappa shape index (κ1) is 14.1. The number of benzene rings is 1. The third-order valence-corrected chi connectivity index (χ3v) is 4.01. The van der Waals surface area contributed by atoms with Crippen molar-refractivity contribution in [1.82, 2.24) is 4.72 Å². The highest BCUT2D eigenvalue weighted by Gasteiger charge is 2.18. The molecule has 0 aromatic heterocycles. The summed E-state index contributed by atoms with van der Waals surface area (Å²) in [6, 6.07) is 4.53. The van der Waals surface area contributed by atoms with Crippen LogP contribution in [-0.4, -0.2) is 34.8 Å². The normalized spacial score (nSPS) is 14.4. The number of rotatable bonds is 6. The molecule has 1 aromatic rings. The molecule has 0 amide bonds. The maximum atomic E-state index is 12.0. The molecule has 0 aliphatic carbocycles. The Balaban J connectivity index is 2.07. The first-order valence-electron chi connectivity index (χ1n) is 5.84. The highest BCUT2D eigenvalue weighted by atomic mass is 32.2. The Labute approximate surface area is 111 Å². The smallest absolute Gasteiger partial charge is 0.240 e. The average molecular weight is 288 g/mol. The molecule has 106 valence electrons. The van der Waals surface area contributed by atoms with Crippen LogP contribution in [0.15, 0.2) is 23.1 Å². The SMILES string of the molecule is NOCCCNS(=O)(=O)c1ccc2c(c1)OCCO2. The van der Waals surface area contributed by atoms with Gasteiger partial charge in [0, 0.05) is 12.6 Å². The lowest BCUT2D eigenvalue weighted by atomic mass is 10.3. The summed E-state index contributed by atoms with van der Waals surface area (Å²) in [5, 5.41) is 0. The van der Waals surface area contributed by atoms with E-state index in [2.05, 4.69) is 9.56 Å². The van der Waals surface area contributed by atoms with Gasteiger partial charge in [-0.15, -0.1) is 0 Å². The molecule has 19 heavy (non-hydrogen) atoms. The van der Waals surface area contributed by atoms with Crippen LogP contribution in [0.3, 0.4) is 0 Å². The molecule has 0 spiro atoms. The number of hydrogen-bond acceptors (Lipinski definition) is 6. The summed E-state index contributed by atoms with van der Waals surface area (Å²) in [5.74, 6) is 5.86. The first-order valence-corrected chi connectivity index (χ1v) is 7.33. The van der Waals surface area contributed by atoms with E-state index in [1.54, 1.807) is 6.07 Å². The molecule has 1 heterocycles. The first-order chi connectivity index (χ1) is 9.13. The van der Waals surface area contributed by atoms with Gasteiger partial charge in [0.1, 0.15) is 13.2 Å². The van der Waals surface area contributed by atoms with Crippen LogP contribution in [0.2, 0.25) is 0 Å². The lowest BCUT2D eigenvalue weighted by molar-refractivity contribution is 0.136. The van der Waals surface area contributed by atoms with Crippen LogP contribution in [0, 0.1) is 0 Å². The molecule has 1 aliphatic rings. The van der Waals surface area contributed by atoms with Crippen molar-refractivity contribution >= 4 is 10.0 Å². The molecule has 0 bridgehead atoms. The van der Waals surface area contributed by atoms with Crippen LogP contribution in [0.1, 0.15) is 6.42 Å². The van der Waals surface area contributed by atoms with E-state index in [0.29, 0.717) is 37.7 Å². The minimum atomic E-state index is -3.56. The second-order valence-corrected chi connectivity index (χ2v) is 5.69. The monoisotopic (exact) mass is 288 g/mol. The van der Waals surface area contributed by atoms with Gasteiger partial charge in [-0.3, -0.25) is 0 Å². The van der Waals surface area contributed by atoms with Gasteiger partial charge in [0.25, 0.3) is 0 Å². The molecule has 7 nitrogen and oxygen atoms in total. The van der Waals surface area contributed by atoms with Crippen LogP contribution in [0.4, 0.5) is 0 Å². The van der Waals surface area contributed by atoms with Crippen LogP contribution >= 0.6 is 0 Å². The fourth-order valence-corrected chi connectivity index (χ4v) is 2.73. The Hall–Kier alpha value is -1.35. The molecule has 8 heteroatoms. The van der Waals surface area contributed by atoms with Gasteiger partial charge in [0.15, 0.2) is 11.5 Å². The number of fused-ring (bicyclic) bond motifs is 1. The molecule has 2 rings (SSSR count). The van der Waals surface area contributed by atoms with Crippen molar-refractivity contribution in [2.24, 2.45) is 5.90 Å². The summed E-state index contributed by atoms with van der Waals surface area (Å²) in [6.07, 6.45) is 0.500. The van der Waals surface area contributed by atoms with E-state index < -0.39 is 10.0 Å². The van der Waals surface area contributed by atoms with Crippen molar-refractivity contribution in [3.8, 4) is 11.5 Å². The van der Waals surface area contributed by atoms with Crippen molar-refractivity contribution in [3.05, 3.63) is 18.2 Å². The predicted molar refractivity (Wildman–Crippen MR) is 67.4 cm³/mol. The van der Waals surface area contributed by atoms with Crippen LogP contribution in [0.25, 0.3) is 0 Å². The van der Waals surface area contributed by atoms with Crippen LogP contribution in [-0.2, 0) is 14.9 Å². The molecule has 1 aromatic carbocycles. The molecular formula is C11H16N2O5S. The highest BCUT2D eigenvalue weighted by molar-refractivity contribution is 7.89. The van der Waals surface area contributed by atoms with Crippen molar-refractivity contribution in [1.29, 1.82) is 0 Å². The van der Waals surface area contributed by atoms with Crippen LogP contribution < -0.4 is 20.1 Å². The lowest BCUT2D eigenvalue weighted by Crippen LogP contribution is -2.26. The predicted octanol–water partition coefficient (Wildman–Crippen LogP) is 0.0165. The third-order valence-electron chi connectivity index (χ3n) is 2.55. The van der Waals surface area contributed by atoms with Gasteiger partial charge in [0.05, 0.1) is 11.5 Å². The topological polar surface area (TPSA) is 99.9 Å². The van der Waals surface area contributed by atoms with Gasteiger partial charge in [-0.25, -0.2) is 19.0 Å². The molecule has 0 unspecified atom stereocenters. The van der Waals surface area contributed by atoms with Crippen molar-refractivity contribution < 1.29 is 22.7 Å². The molecule has 0 fully saturated rings. The van der Waals surface area contributed by atoms with Gasteiger partial charge in [0.2, 0.25) is 10.0 Å². The fraction of sp³-hybridized carbons (Fsp3) is 0.455. The number of nitrogens with two attached hydrogens (primary N) is 1. The maximum Gasteiger partial charge on any atom is 0.240 e. The Morgan fingerprint density at radius 2 is 2.00 bits per heavy atom. The zero-order chi connectivity index (χ0) is 13.7. The van der Waals surface area contributed by atoms with E-state index in [4.69, 9.17) is 15.4 Å². The number of nitrogens with one attached hydrogen (secondary N) is 1. The van der Waals surface area contributed by atoms with E-state index >= 15 is 0 Å². The Morgan fingerprint density at radius 1 is 1.26 bits per heavy atom. The van der Waals surface area contributed by atoms with Gasteiger partial charge >= 0.3 is 0 Å². The van der Waals surface area contributed by atoms with Gasteiger partial charge in [-0.05, 0) is 18.6 Å². The molecule has 0 saturated carbocycles. The summed E-state index contributed by atoms with van der Waals surface area (Å²) < 4.78 is 37.1. The van der Waals surface area contributed by atoms with Gasteiger partial charge < -0.3 is 14.3 Å². The Bertz CT molecular complexity index is 532. The summed E-state index contributed by atoms with van der Waals surface area (Å²) in [5.41, 5.74) is 0. The second-order valence-electron chi connectivity index (χ2n) is 3.93. The second kappa shape index (κ2) is 6.20. The standard InChI is InChI=1S/C11H16N2O5S/c12-18-5-1-4-13-19(14,15)9-2-3-10-11(8-9)17-7-6-16-10/h2-3,8,13H,1,4-7,12H2.